The highest BCUT2D eigenvalue weighted by molar-refractivity contribution is 6.09. The zero-order valence-electron chi connectivity index (χ0n) is 11.0. The van der Waals surface area contributed by atoms with Gasteiger partial charge in [0.25, 0.3) is 5.56 Å². The van der Waals surface area contributed by atoms with Gasteiger partial charge in [0.05, 0.1) is 0 Å². The van der Waals surface area contributed by atoms with Crippen molar-refractivity contribution in [2.75, 3.05) is 0 Å². The summed E-state index contributed by atoms with van der Waals surface area (Å²) in [5.41, 5.74) is 3.27. The molecule has 2 rings (SSSR count). The van der Waals surface area contributed by atoms with Gasteiger partial charge >= 0.3 is 0 Å². The molecule has 0 unspecified atom stereocenters. The van der Waals surface area contributed by atoms with E-state index in [9.17, 15) is 9.59 Å². The van der Waals surface area contributed by atoms with E-state index < -0.39 is 0 Å². The summed E-state index contributed by atoms with van der Waals surface area (Å²) in [6.07, 6.45) is 0. The highest BCUT2D eigenvalue weighted by Crippen LogP contribution is 2.14. The third-order valence-corrected chi connectivity index (χ3v) is 3.23. The highest BCUT2D eigenvalue weighted by atomic mass is 16.2. The predicted molar refractivity (Wildman–Crippen MR) is 70.1 cm³/mol. The number of rotatable bonds is 2. The Balaban J connectivity index is 2.55. The van der Waals surface area contributed by atoms with E-state index in [-0.39, 0.29) is 16.9 Å². The van der Waals surface area contributed by atoms with E-state index in [2.05, 4.69) is 5.10 Å². The lowest BCUT2D eigenvalue weighted by Gasteiger charge is -2.03. The molecule has 2 aromatic rings. The van der Waals surface area contributed by atoms with Gasteiger partial charge in [0.15, 0.2) is 5.78 Å². The second-order valence-electron chi connectivity index (χ2n) is 4.60. The zero-order chi connectivity index (χ0) is 13.4. The van der Waals surface area contributed by atoms with Crippen molar-refractivity contribution >= 4 is 5.78 Å². The normalized spacial score (nSPS) is 10.7. The van der Waals surface area contributed by atoms with Gasteiger partial charge in [-0.3, -0.25) is 19.4 Å². The van der Waals surface area contributed by atoms with Crippen molar-refractivity contribution in [2.45, 2.75) is 20.8 Å². The van der Waals surface area contributed by atoms with Crippen LogP contribution in [-0.2, 0) is 7.05 Å². The van der Waals surface area contributed by atoms with Gasteiger partial charge < -0.3 is 0 Å². The van der Waals surface area contributed by atoms with Crippen LogP contribution in [0.15, 0.2) is 23.0 Å². The molecule has 18 heavy (non-hydrogen) atoms. The Morgan fingerprint density at radius 2 is 1.83 bits per heavy atom. The lowest BCUT2D eigenvalue weighted by atomic mass is 10.00. The Bertz CT molecular complexity index is 678. The Morgan fingerprint density at radius 1 is 1.17 bits per heavy atom. The summed E-state index contributed by atoms with van der Waals surface area (Å²) in [7, 11) is 1.60. The maximum absolute atomic E-state index is 12.3. The molecule has 4 nitrogen and oxygen atoms in total. The Labute approximate surface area is 105 Å². The van der Waals surface area contributed by atoms with Crippen LogP contribution in [0.25, 0.3) is 0 Å². The summed E-state index contributed by atoms with van der Waals surface area (Å²) in [6.45, 7) is 5.67. The van der Waals surface area contributed by atoms with Gasteiger partial charge in [0.2, 0.25) is 0 Å². The van der Waals surface area contributed by atoms with Crippen molar-refractivity contribution < 1.29 is 4.79 Å². The van der Waals surface area contributed by atoms with Crippen molar-refractivity contribution in [3.63, 3.8) is 0 Å². The molecule has 1 heterocycles. The number of ketones is 1. The molecule has 0 saturated heterocycles. The minimum atomic E-state index is -0.282. The third-order valence-electron chi connectivity index (χ3n) is 3.23. The number of nitrogens with one attached hydrogen (secondary N) is 1. The van der Waals surface area contributed by atoms with Crippen molar-refractivity contribution in [1.29, 1.82) is 0 Å². The maximum Gasteiger partial charge on any atom is 0.277 e. The molecule has 1 aromatic carbocycles. The molecule has 1 aromatic heterocycles. The van der Waals surface area contributed by atoms with E-state index in [0.29, 0.717) is 11.3 Å². The quantitative estimate of drug-likeness (QED) is 0.820. The molecule has 0 aliphatic heterocycles. The first-order chi connectivity index (χ1) is 8.41. The fraction of sp³-hybridized carbons (Fsp3) is 0.286. The topological polar surface area (TPSA) is 54.9 Å². The second-order valence-corrected chi connectivity index (χ2v) is 4.60. The second kappa shape index (κ2) is 4.29. The molecule has 0 aliphatic rings. The largest absolute Gasteiger partial charge is 0.299 e. The van der Waals surface area contributed by atoms with Gasteiger partial charge in [0.1, 0.15) is 5.56 Å². The van der Waals surface area contributed by atoms with Crippen molar-refractivity contribution in [3.8, 4) is 0 Å². The monoisotopic (exact) mass is 244 g/mol. The number of aromatic amines is 1. The van der Waals surface area contributed by atoms with Crippen LogP contribution in [0.1, 0.15) is 32.7 Å². The van der Waals surface area contributed by atoms with E-state index >= 15 is 0 Å². The number of hydrogen-bond acceptors (Lipinski definition) is 2. The molecule has 1 N–H and O–H groups in total. The lowest BCUT2D eigenvalue weighted by molar-refractivity contribution is 0.103. The van der Waals surface area contributed by atoms with E-state index in [0.717, 1.165) is 11.1 Å². The average Bonchev–Trinajstić information content (AvgIpc) is 2.56. The maximum atomic E-state index is 12.3. The van der Waals surface area contributed by atoms with Gasteiger partial charge in [-0.05, 0) is 38.0 Å². The van der Waals surface area contributed by atoms with Crippen LogP contribution >= 0.6 is 0 Å². The van der Waals surface area contributed by atoms with Crippen LogP contribution in [0.5, 0.6) is 0 Å². The van der Waals surface area contributed by atoms with Crippen LogP contribution in [0, 0.1) is 20.8 Å². The van der Waals surface area contributed by atoms with Crippen LogP contribution in [0.2, 0.25) is 0 Å². The van der Waals surface area contributed by atoms with Crippen LogP contribution in [0.3, 0.4) is 0 Å². The van der Waals surface area contributed by atoms with Gasteiger partial charge in [-0.25, -0.2) is 0 Å². The van der Waals surface area contributed by atoms with Crippen molar-refractivity contribution in [3.05, 3.63) is 56.5 Å². The molecule has 94 valence electrons. The number of H-pyrrole nitrogens is 1. The van der Waals surface area contributed by atoms with Gasteiger partial charge in [0, 0.05) is 18.3 Å². The third kappa shape index (κ3) is 1.90. The van der Waals surface area contributed by atoms with E-state index in [1.165, 1.54) is 4.68 Å². The molecule has 0 aliphatic carbocycles. The number of hydrogen-bond donors (Lipinski definition) is 1. The van der Waals surface area contributed by atoms with E-state index in [4.69, 9.17) is 0 Å². The summed E-state index contributed by atoms with van der Waals surface area (Å²) in [5, 5.41) is 2.84. The number of nitrogens with zero attached hydrogens (tertiary/aromatic N) is 1. The summed E-state index contributed by atoms with van der Waals surface area (Å²) in [6, 6.07) is 5.48. The fourth-order valence-electron chi connectivity index (χ4n) is 1.98. The standard InChI is InChI=1S/C14H16N2O2/c1-8-5-6-11(7-9(8)2)13(17)12-10(3)15-16(4)14(12)18/h5-7,15H,1-4H3. The minimum Gasteiger partial charge on any atom is -0.299 e. The number of aromatic nitrogens is 2. The Morgan fingerprint density at radius 3 is 2.33 bits per heavy atom. The van der Waals surface area contributed by atoms with Crippen molar-refractivity contribution in [1.82, 2.24) is 9.78 Å². The predicted octanol–water partition coefficient (Wildman–Crippen LogP) is 1.87. The van der Waals surface area contributed by atoms with Crippen LogP contribution < -0.4 is 5.56 Å². The first-order valence-corrected chi connectivity index (χ1v) is 5.79. The van der Waals surface area contributed by atoms with Gasteiger partial charge in [-0.15, -0.1) is 0 Å². The molecule has 0 spiro atoms. The molecular formula is C14H16N2O2. The summed E-state index contributed by atoms with van der Waals surface area (Å²) in [5.74, 6) is -0.225. The molecule has 0 bridgehead atoms. The van der Waals surface area contributed by atoms with Gasteiger partial charge in [-0.2, -0.15) is 0 Å². The molecule has 4 heteroatoms. The number of benzene rings is 1. The Kier molecular flexibility index (Phi) is 2.95. The molecular weight excluding hydrogens is 228 g/mol. The molecule has 0 amide bonds. The summed E-state index contributed by atoms with van der Waals surface area (Å²) < 4.78 is 1.32. The van der Waals surface area contributed by atoms with Crippen LogP contribution in [0.4, 0.5) is 0 Å². The first-order valence-electron chi connectivity index (χ1n) is 5.79. The molecule has 0 atom stereocenters. The van der Waals surface area contributed by atoms with Crippen LogP contribution in [-0.4, -0.2) is 15.6 Å². The zero-order valence-corrected chi connectivity index (χ0v) is 11.0. The van der Waals surface area contributed by atoms with Gasteiger partial charge in [-0.1, -0.05) is 12.1 Å². The number of carbonyl (C=O) groups is 1. The molecule has 0 fully saturated rings. The van der Waals surface area contributed by atoms with E-state index in [1.54, 1.807) is 20.0 Å². The smallest absolute Gasteiger partial charge is 0.277 e. The SMILES string of the molecule is Cc1ccc(C(=O)c2c(C)[nH]n(C)c2=O)cc1C. The first kappa shape index (κ1) is 12.4. The van der Waals surface area contributed by atoms with Crippen molar-refractivity contribution in [2.24, 2.45) is 7.05 Å². The summed E-state index contributed by atoms with van der Waals surface area (Å²) >= 11 is 0. The lowest BCUT2D eigenvalue weighted by Crippen LogP contribution is -2.19. The highest BCUT2D eigenvalue weighted by Gasteiger charge is 2.19. The summed E-state index contributed by atoms with van der Waals surface area (Å²) in [4.78, 5) is 24.2. The average molecular weight is 244 g/mol. The molecule has 0 radical (unpaired) electrons. The number of aryl methyl sites for hydroxylation is 4. The Hall–Kier alpha value is -2.10. The minimum absolute atomic E-state index is 0.223. The number of carbonyl (C=O) groups excluding carboxylic acids is 1. The fourth-order valence-corrected chi connectivity index (χ4v) is 1.98. The van der Waals surface area contributed by atoms with E-state index in [1.807, 2.05) is 26.0 Å². The molecule has 0 saturated carbocycles.